The number of anilines is 1. The highest BCUT2D eigenvalue weighted by Gasteiger charge is 2.17. The molecule has 0 saturated carbocycles. The number of thiazole rings is 1. The van der Waals surface area contributed by atoms with E-state index in [4.69, 9.17) is 24.3 Å². The second kappa shape index (κ2) is 13.9. The highest BCUT2D eigenvalue weighted by molar-refractivity contribution is 7.14. The van der Waals surface area contributed by atoms with Gasteiger partial charge in [-0.2, -0.15) is 0 Å². The van der Waals surface area contributed by atoms with Crippen molar-refractivity contribution >= 4 is 22.4 Å². The van der Waals surface area contributed by atoms with Gasteiger partial charge in [-0.3, -0.25) is 4.79 Å². The van der Waals surface area contributed by atoms with Gasteiger partial charge in [0.2, 0.25) is 0 Å². The fourth-order valence-corrected chi connectivity index (χ4v) is 5.28. The van der Waals surface area contributed by atoms with Crippen molar-refractivity contribution in [3.8, 4) is 22.8 Å². The second-order valence-corrected chi connectivity index (χ2v) is 10.2. The fraction of sp³-hybridized carbons (Fsp3) is 0.290. The molecule has 0 atom stereocenters. The standard InChI is InChI=1S/C31H33N3O5S/c35-22-37-16-4-14-32-30(36)25-9-7-24(8-10-25)20-34(15-13-23-5-2-1-3-6-23)31-33-27(21-40-31)26-11-12-28-29(19-26)39-18-17-38-28/h1-3,5-12,19,21,35H,4,13-18,20,22H2,(H,32,36). The Balaban J connectivity index is 1.28. The largest absolute Gasteiger partial charge is 0.486 e. The first-order valence-corrected chi connectivity index (χ1v) is 14.3. The molecule has 0 saturated heterocycles. The van der Waals surface area contributed by atoms with E-state index in [1.807, 2.05) is 48.5 Å². The third kappa shape index (κ3) is 7.38. The molecule has 2 N–H and O–H groups in total. The molecule has 0 spiro atoms. The zero-order valence-electron chi connectivity index (χ0n) is 22.3. The number of aromatic nitrogens is 1. The minimum Gasteiger partial charge on any atom is -0.486 e. The van der Waals surface area contributed by atoms with Crippen LogP contribution in [-0.2, 0) is 17.7 Å². The predicted molar refractivity (Wildman–Crippen MR) is 156 cm³/mol. The molecule has 5 rings (SSSR count). The average molecular weight is 560 g/mol. The number of aliphatic hydroxyl groups is 1. The molecule has 1 aromatic heterocycles. The summed E-state index contributed by atoms with van der Waals surface area (Å²) < 4.78 is 16.3. The summed E-state index contributed by atoms with van der Waals surface area (Å²) in [5.74, 6) is 1.39. The van der Waals surface area contributed by atoms with Crippen LogP contribution in [-0.4, -0.2) is 55.7 Å². The van der Waals surface area contributed by atoms with E-state index in [0.29, 0.717) is 44.9 Å². The molecule has 208 valence electrons. The van der Waals surface area contributed by atoms with E-state index in [9.17, 15) is 4.79 Å². The molecule has 4 aromatic rings. The molecule has 0 aliphatic carbocycles. The third-order valence-corrected chi connectivity index (χ3v) is 7.45. The van der Waals surface area contributed by atoms with Crippen molar-refractivity contribution in [1.82, 2.24) is 10.3 Å². The maximum atomic E-state index is 12.5. The van der Waals surface area contributed by atoms with Crippen LogP contribution < -0.4 is 19.7 Å². The molecular weight excluding hydrogens is 526 g/mol. The Morgan fingerprint density at radius 1 is 1.00 bits per heavy atom. The molecule has 1 aliphatic heterocycles. The Labute approximate surface area is 238 Å². The lowest BCUT2D eigenvalue weighted by Gasteiger charge is -2.22. The molecule has 0 radical (unpaired) electrons. The average Bonchev–Trinajstić information content (AvgIpc) is 3.50. The van der Waals surface area contributed by atoms with Crippen molar-refractivity contribution in [2.45, 2.75) is 19.4 Å². The number of fused-ring (bicyclic) bond motifs is 1. The number of aliphatic hydroxyl groups excluding tert-OH is 1. The van der Waals surface area contributed by atoms with Crippen molar-refractivity contribution in [3.63, 3.8) is 0 Å². The lowest BCUT2D eigenvalue weighted by Crippen LogP contribution is -2.26. The van der Waals surface area contributed by atoms with E-state index in [2.05, 4.69) is 39.9 Å². The molecule has 0 fully saturated rings. The summed E-state index contributed by atoms with van der Waals surface area (Å²) >= 11 is 1.62. The van der Waals surface area contributed by atoms with Gasteiger partial charge in [0.05, 0.1) is 12.3 Å². The number of amides is 1. The Bertz CT molecular complexity index is 1380. The predicted octanol–water partition coefficient (Wildman–Crippen LogP) is 4.92. The number of ether oxygens (including phenoxy) is 3. The van der Waals surface area contributed by atoms with Crippen LogP contribution in [0.5, 0.6) is 11.5 Å². The van der Waals surface area contributed by atoms with Crippen LogP contribution in [0.2, 0.25) is 0 Å². The number of benzene rings is 3. The topological polar surface area (TPSA) is 93.2 Å². The zero-order chi connectivity index (χ0) is 27.6. The van der Waals surface area contributed by atoms with Gasteiger partial charge in [0.25, 0.3) is 5.91 Å². The lowest BCUT2D eigenvalue weighted by atomic mass is 10.1. The van der Waals surface area contributed by atoms with Crippen molar-refractivity contribution in [2.24, 2.45) is 0 Å². The second-order valence-electron chi connectivity index (χ2n) is 9.37. The first kappa shape index (κ1) is 27.6. The van der Waals surface area contributed by atoms with Crippen LogP contribution in [0.3, 0.4) is 0 Å². The summed E-state index contributed by atoms with van der Waals surface area (Å²) in [6, 6.07) is 24.1. The number of carbonyl (C=O) groups is 1. The SMILES string of the molecule is O=C(NCCCOCO)c1ccc(CN(CCc2ccccc2)c2nc(-c3ccc4c(c3)OCCO4)cs2)cc1. The van der Waals surface area contributed by atoms with E-state index < -0.39 is 0 Å². The van der Waals surface area contributed by atoms with E-state index in [0.717, 1.165) is 46.4 Å². The molecule has 2 heterocycles. The molecule has 0 unspecified atom stereocenters. The van der Waals surface area contributed by atoms with Gasteiger partial charge in [0.15, 0.2) is 16.6 Å². The molecule has 3 aromatic carbocycles. The molecule has 0 bridgehead atoms. The summed E-state index contributed by atoms with van der Waals surface area (Å²) in [6.07, 6.45) is 1.53. The van der Waals surface area contributed by atoms with Gasteiger partial charge >= 0.3 is 0 Å². The van der Waals surface area contributed by atoms with Crippen molar-refractivity contribution in [1.29, 1.82) is 0 Å². The molecular formula is C31H33N3O5S. The van der Waals surface area contributed by atoms with Gasteiger partial charge in [-0.15, -0.1) is 11.3 Å². The Morgan fingerprint density at radius 2 is 1.80 bits per heavy atom. The molecule has 8 nitrogen and oxygen atoms in total. The first-order chi connectivity index (χ1) is 19.7. The third-order valence-electron chi connectivity index (χ3n) is 6.55. The van der Waals surface area contributed by atoms with Gasteiger partial charge in [-0.25, -0.2) is 4.98 Å². The summed E-state index contributed by atoms with van der Waals surface area (Å²) in [6.45, 7) is 3.17. The van der Waals surface area contributed by atoms with Crippen molar-refractivity contribution in [3.05, 3.63) is 94.9 Å². The summed E-state index contributed by atoms with van der Waals surface area (Å²) in [5, 5.41) is 14.6. The van der Waals surface area contributed by atoms with E-state index in [-0.39, 0.29) is 12.7 Å². The first-order valence-electron chi connectivity index (χ1n) is 13.4. The highest BCUT2D eigenvalue weighted by atomic mass is 32.1. The highest BCUT2D eigenvalue weighted by Crippen LogP contribution is 2.36. The van der Waals surface area contributed by atoms with Gasteiger partial charge in [-0.1, -0.05) is 42.5 Å². The van der Waals surface area contributed by atoms with E-state index in [1.165, 1.54) is 5.56 Å². The summed E-state index contributed by atoms with van der Waals surface area (Å²) in [7, 11) is 0. The smallest absolute Gasteiger partial charge is 0.251 e. The maximum Gasteiger partial charge on any atom is 0.251 e. The number of nitrogens with zero attached hydrogens (tertiary/aromatic N) is 2. The van der Waals surface area contributed by atoms with Gasteiger partial charge in [0, 0.05) is 36.1 Å². The molecule has 9 heteroatoms. The van der Waals surface area contributed by atoms with Crippen LogP contribution in [0.25, 0.3) is 11.3 Å². The quantitative estimate of drug-likeness (QED) is 0.178. The van der Waals surface area contributed by atoms with Crippen LogP contribution in [0.1, 0.15) is 27.9 Å². The Kier molecular flexibility index (Phi) is 9.63. The van der Waals surface area contributed by atoms with Crippen LogP contribution >= 0.6 is 11.3 Å². The van der Waals surface area contributed by atoms with Gasteiger partial charge < -0.3 is 29.5 Å². The summed E-state index contributed by atoms with van der Waals surface area (Å²) in [4.78, 5) is 19.8. The van der Waals surface area contributed by atoms with E-state index in [1.54, 1.807) is 11.3 Å². The minimum atomic E-state index is -0.307. The maximum absolute atomic E-state index is 12.5. The number of nitrogens with one attached hydrogen (secondary N) is 1. The number of hydrogen-bond donors (Lipinski definition) is 2. The van der Waals surface area contributed by atoms with Gasteiger partial charge in [0.1, 0.15) is 20.0 Å². The van der Waals surface area contributed by atoms with Crippen molar-refractivity contribution in [2.75, 3.05) is 44.6 Å². The number of carbonyl (C=O) groups excluding carboxylic acids is 1. The zero-order valence-corrected chi connectivity index (χ0v) is 23.1. The monoisotopic (exact) mass is 559 g/mol. The Morgan fingerprint density at radius 3 is 2.60 bits per heavy atom. The lowest BCUT2D eigenvalue weighted by molar-refractivity contribution is -0.00192. The fourth-order valence-electron chi connectivity index (χ4n) is 4.42. The van der Waals surface area contributed by atoms with Gasteiger partial charge in [-0.05, 0) is 54.3 Å². The minimum absolute atomic E-state index is 0.125. The normalized spacial score (nSPS) is 12.2. The van der Waals surface area contributed by atoms with Crippen LogP contribution in [0.15, 0.2) is 78.2 Å². The Hall–Kier alpha value is -3.92. The number of rotatable bonds is 13. The van der Waals surface area contributed by atoms with E-state index >= 15 is 0 Å². The molecule has 1 amide bonds. The van der Waals surface area contributed by atoms with Crippen LogP contribution in [0.4, 0.5) is 5.13 Å². The summed E-state index contributed by atoms with van der Waals surface area (Å²) in [5.41, 5.74) is 4.87. The van der Waals surface area contributed by atoms with Crippen LogP contribution in [0, 0.1) is 0 Å². The number of hydrogen-bond acceptors (Lipinski definition) is 8. The van der Waals surface area contributed by atoms with Crippen molar-refractivity contribution < 1.29 is 24.1 Å². The molecule has 1 aliphatic rings. The molecule has 40 heavy (non-hydrogen) atoms.